The zero-order valence-electron chi connectivity index (χ0n) is 33.4. The van der Waals surface area contributed by atoms with Crippen LogP contribution in [0.4, 0.5) is 0 Å². The molecule has 10 unspecified atom stereocenters. The number of rotatable bonds is 19. The van der Waals surface area contributed by atoms with Crippen molar-refractivity contribution in [2.75, 3.05) is 13.2 Å². The lowest BCUT2D eigenvalue weighted by atomic mass is 9.83. The first kappa shape index (κ1) is 41.9. The van der Waals surface area contributed by atoms with Crippen LogP contribution in [0.5, 0.6) is 0 Å². The normalized spacial score (nSPS) is 27.3. The van der Waals surface area contributed by atoms with Crippen molar-refractivity contribution < 1.29 is 43.0 Å². The molecule has 2 aliphatic heterocycles. The summed E-state index contributed by atoms with van der Waals surface area (Å²) >= 11 is 0. The summed E-state index contributed by atoms with van der Waals surface area (Å²) in [6.07, 6.45) is -5.57. The molecule has 5 aromatic carbocycles. The van der Waals surface area contributed by atoms with Gasteiger partial charge in [-0.2, -0.15) is 0 Å². The summed E-state index contributed by atoms with van der Waals surface area (Å²) in [5.74, 6) is -0.0242. The predicted octanol–water partition coefficient (Wildman–Crippen LogP) is 8.28. The molecule has 0 radical (unpaired) electrons. The molecule has 0 saturated carbocycles. The number of hydrogen-bond acceptors (Lipinski definition) is 9. The number of hydrogen-bond donors (Lipinski definition) is 1. The first-order valence-corrected chi connectivity index (χ1v) is 20.4. The van der Waals surface area contributed by atoms with Crippen molar-refractivity contribution in [3.8, 4) is 0 Å². The molecule has 0 amide bonds. The van der Waals surface area contributed by atoms with Crippen molar-refractivity contribution in [1.29, 1.82) is 0 Å². The van der Waals surface area contributed by atoms with E-state index in [4.69, 9.17) is 37.9 Å². The SMILES string of the molecule is CC1C(CO)OC(OC2OC(COCc3ccccc3)C(OCc3ccccc3)C(OCc3ccccc3)C2OCc2ccccc2)C(OCc2ccccc2)C1C. The molecule has 2 saturated heterocycles. The quantitative estimate of drug-likeness (QED) is 0.0888. The van der Waals surface area contributed by atoms with Gasteiger partial charge in [0.15, 0.2) is 12.6 Å². The smallest absolute Gasteiger partial charge is 0.190 e. The first-order valence-electron chi connectivity index (χ1n) is 20.4. The van der Waals surface area contributed by atoms with Crippen molar-refractivity contribution in [3.05, 3.63) is 179 Å². The molecular formula is C49H56O9. The topological polar surface area (TPSA) is 94.1 Å². The zero-order valence-corrected chi connectivity index (χ0v) is 33.4. The molecule has 2 heterocycles. The Morgan fingerprint density at radius 1 is 0.414 bits per heavy atom. The second kappa shape index (κ2) is 21.7. The summed E-state index contributed by atoms with van der Waals surface area (Å²) in [6, 6.07) is 50.2. The Morgan fingerprint density at radius 3 is 1.22 bits per heavy atom. The first-order chi connectivity index (χ1) is 28.6. The van der Waals surface area contributed by atoms with E-state index in [-0.39, 0.29) is 31.7 Å². The lowest BCUT2D eigenvalue weighted by molar-refractivity contribution is -0.384. The lowest BCUT2D eigenvalue weighted by Crippen LogP contribution is -2.63. The third kappa shape index (κ3) is 11.5. The fourth-order valence-electron chi connectivity index (χ4n) is 7.56. The number of aliphatic hydroxyl groups is 1. The van der Waals surface area contributed by atoms with E-state index < -0.39 is 49.2 Å². The second-order valence-corrected chi connectivity index (χ2v) is 15.2. The molecule has 2 aliphatic rings. The Hall–Kier alpha value is -4.26. The minimum absolute atomic E-state index is 0.000110. The van der Waals surface area contributed by atoms with Gasteiger partial charge in [-0.05, 0) is 39.7 Å². The van der Waals surface area contributed by atoms with Gasteiger partial charge in [-0.25, -0.2) is 0 Å². The monoisotopic (exact) mass is 788 g/mol. The van der Waals surface area contributed by atoms with Crippen molar-refractivity contribution in [2.24, 2.45) is 11.8 Å². The predicted molar refractivity (Wildman–Crippen MR) is 220 cm³/mol. The lowest BCUT2D eigenvalue weighted by Gasteiger charge is -2.49. The third-order valence-corrected chi connectivity index (χ3v) is 11.1. The average Bonchev–Trinajstić information content (AvgIpc) is 3.27. The largest absolute Gasteiger partial charge is 0.394 e. The molecule has 0 spiro atoms. The molecule has 5 aromatic rings. The van der Waals surface area contributed by atoms with Gasteiger partial charge >= 0.3 is 0 Å². The second-order valence-electron chi connectivity index (χ2n) is 15.2. The Kier molecular flexibility index (Phi) is 15.6. The van der Waals surface area contributed by atoms with E-state index in [1.165, 1.54) is 0 Å². The molecule has 10 atom stereocenters. The van der Waals surface area contributed by atoms with Crippen LogP contribution < -0.4 is 0 Å². The third-order valence-electron chi connectivity index (χ3n) is 11.1. The van der Waals surface area contributed by atoms with Gasteiger partial charge in [0.2, 0.25) is 0 Å². The summed E-state index contributed by atoms with van der Waals surface area (Å²) in [5.41, 5.74) is 5.08. The molecule has 306 valence electrons. The molecule has 1 N–H and O–H groups in total. The van der Waals surface area contributed by atoms with Gasteiger partial charge in [-0.1, -0.05) is 166 Å². The summed E-state index contributed by atoms with van der Waals surface area (Å²) in [6.45, 7) is 5.86. The molecule has 9 nitrogen and oxygen atoms in total. The molecule has 0 aromatic heterocycles. The zero-order chi connectivity index (χ0) is 39.9. The molecule has 7 rings (SSSR count). The van der Waals surface area contributed by atoms with E-state index >= 15 is 0 Å². The highest BCUT2D eigenvalue weighted by molar-refractivity contribution is 5.17. The Bertz CT molecular complexity index is 1870. The Labute approximate surface area is 342 Å². The molecule has 2 fully saturated rings. The number of benzene rings is 5. The molecule has 58 heavy (non-hydrogen) atoms. The molecule has 0 bridgehead atoms. The van der Waals surface area contributed by atoms with Gasteiger partial charge in [0.25, 0.3) is 0 Å². The standard InChI is InChI=1S/C49H56O9/c1-35-36(2)44(52-30-38-20-10-4-11-21-38)48(56-42(35)28-50)58-49-47(55-33-41-26-16-7-17-27-41)46(54-32-40-24-14-6-15-25-40)45(53-31-39-22-12-5-13-23-39)43(57-49)34-51-29-37-18-8-3-9-19-37/h3-27,35-36,42-50H,28-34H2,1-2H3. The number of ether oxygens (including phenoxy) is 8. The van der Waals surface area contributed by atoms with Gasteiger partial charge in [0.05, 0.1) is 52.4 Å². The van der Waals surface area contributed by atoms with Crippen LogP contribution in [0, 0.1) is 11.8 Å². The van der Waals surface area contributed by atoms with Crippen molar-refractivity contribution >= 4 is 0 Å². The summed E-state index contributed by atoms with van der Waals surface area (Å²) < 4.78 is 54.1. The van der Waals surface area contributed by atoms with Crippen molar-refractivity contribution in [3.63, 3.8) is 0 Å². The van der Waals surface area contributed by atoms with Crippen LogP contribution in [0.25, 0.3) is 0 Å². The van der Waals surface area contributed by atoms with E-state index in [1.54, 1.807) is 0 Å². The van der Waals surface area contributed by atoms with E-state index in [0.717, 1.165) is 27.8 Å². The summed E-state index contributed by atoms with van der Waals surface area (Å²) in [7, 11) is 0. The molecule has 0 aliphatic carbocycles. The van der Waals surface area contributed by atoms with E-state index in [2.05, 4.69) is 13.8 Å². The van der Waals surface area contributed by atoms with Gasteiger partial charge in [0.1, 0.15) is 30.5 Å². The van der Waals surface area contributed by atoms with E-state index in [1.807, 2.05) is 152 Å². The molecular weight excluding hydrogens is 733 g/mol. The maximum absolute atomic E-state index is 10.5. The van der Waals surface area contributed by atoms with Gasteiger partial charge in [-0.15, -0.1) is 0 Å². The van der Waals surface area contributed by atoms with Crippen molar-refractivity contribution in [1.82, 2.24) is 0 Å². The average molecular weight is 789 g/mol. The fourth-order valence-corrected chi connectivity index (χ4v) is 7.56. The van der Waals surface area contributed by atoms with Gasteiger partial charge < -0.3 is 43.0 Å². The highest BCUT2D eigenvalue weighted by Gasteiger charge is 2.52. The van der Waals surface area contributed by atoms with Crippen LogP contribution >= 0.6 is 0 Å². The minimum Gasteiger partial charge on any atom is -0.394 e. The maximum Gasteiger partial charge on any atom is 0.190 e. The van der Waals surface area contributed by atoms with Crippen LogP contribution in [0.2, 0.25) is 0 Å². The van der Waals surface area contributed by atoms with Crippen LogP contribution in [-0.4, -0.2) is 67.5 Å². The van der Waals surface area contributed by atoms with Crippen LogP contribution in [-0.2, 0) is 70.9 Å². The Morgan fingerprint density at radius 2 is 0.776 bits per heavy atom. The van der Waals surface area contributed by atoms with Crippen LogP contribution in [0.15, 0.2) is 152 Å². The number of aliphatic hydroxyl groups excluding tert-OH is 1. The van der Waals surface area contributed by atoms with Gasteiger partial charge in [0, 0.05) is 0 Å². The summed E-state index contributed by atoms with van der Waals surface area (Å²) in [5, 5.41) is 10.5. The highest BCUT2D eigenvalue weighted by atomic mass is 16.8. The fraction of sp³-hybridized carbons (Fsp3) is 0.388. The summed E-state index contributed by atoms with van der Waals surface area (Å²) in [4.78, 5) is 0. The van der Waals surface area contributed by atoms with E-state index in [0.29, 0.717) is 26.4 Å². The van der Waals surface area contributed by atoms with Crippen LogP contribution in [0.3, 0.4) is 0 Å². The van der Waals surface area contributed by atoms with Crippen molar-refractivity contribution in [2.45, 2.75) is 96.1 Å². The minimum atomic E-state index is -1.00. The maximum atomic E-state index is 10.5. The Balaban J connectivity index is 1.23. The van der Waals surface area contributed by atoms with Gasteiger partial charge in [-0.3, -0.25) is 0 Å². The highest BCUT2D eigenvalue weighted by Crippen LogP contribution is 2.38. The molecule has 9 heteroatoms. The van der Waals surface area contributed by atoms with E-state index in [9.17, 15) is 5.11 Å². The van der Waals surface area contributed by atoms with Crippen LogP contribution in [0.1, 0.15) is 41.7 Å².